The summed E-state index contributed by atoms with van der Waals surface area (Å²) in [6.07, 6.45) is 0.902. The molecule has 0 spiro atoms. The van der Waals surface area contributed by atoms with E-state index in [1.165, 1.54) is 18.2 Å². The normalized spacial score (nSPS) is 10.8. The number of para-hydroxylation sites is 1. The molecule has 0 aliphatic carbocycles. The molecule has 108 valence electrons. The summed E-state index contributed by atoms with van der Waals surface area (Å²) in [5.74, 6) is -1.99. The predicted octanol–water partition coefficient (Wildman–Crippen LogP) is 0.403. The molecule has 0 fully saturated rings. The monoisotopic (exact) mass is 282 g/mol. The van der Waals surface area contributed by atoms with Crippen molar-refractivity contribution in [3.05, 3.63) is 41.9 Å². The number of carbonyl (C=O) groups excluding carboxylic acids is 2. The van der Waals surface area contributed by atoms with Gasteiger partial charge >= 0.3 is 5.97 Å². The summed E-state index contributed by atoms with van der Waals surface area (Å²) in [4.78, 5) is 23.0. The average Bonchev–Trinajstić information content (AvgIpc) is 2.46. The Morgan fingerprint density at radius 2 is 2.10 bits per heavy atom. The zero-order chi connectivity index (χ0) is 15.0. The molecule has 0 bridgehead atoms. The lowest BCUT2D eigenvalue weighted by Crippen LogP contribution is -2.31. The van der Waals surface area contributed by atoms with Crippen LogP contribution in [0.3, 0.4) is 0 Å². The zero-order valence-corrected chi connectivity index (χ0v) is 10.9. The minimum absolute atomic E-state index is 0.0102. The summed E-state index contributed by atoms with van der Waals surface area (Å²) in [5.41, 5.74) is -0.141. The van der Waals surface area contributed by atoms with Gasteiger partial charge in [0, 0.05) is 6.54 Å². The van der Waals surface area contributed by atoms with E-state index >= 15 is 0 Å². The van der Waals surface area contributed by atoms with Gasteiger partial charge in [0.15, 0.2) is 0 Å². The molecular formula is C13H15FN2O4. The van der Waals surface area contributed by atoms with Crippen molar-refractivity contribution in [2.24, 2.45) is 0 Å². The number of amides is 1. The van der Waals surface area contributed by atoms with Gasteiger partial charge in [-0.2, -0.15) is 0 Å². The summed E-state index contributed by atoms with van der Waals surface area (Å²) in [5, 5.41) is 13.5. The van der Waals surface area contributed by atoms with Gasteiger partial charge in [-0.15, -0.1) is 0 Å². The van der Waals surface area contributed by atoms with E-state index < -0.39 is 17.7 Å². The van der Waals surface area contributed by atoms with Gasteiger partial charge < -0.3 is 20.5 Å². The van der Waals surface area contributed by atoms with Crippen LogP contribution in [0.15, 0.2) is 36.0 Å². The Hall–Kier alpha value is -2.41. The summed E-state index contributed by atoms with van der Waals surface area (Å²) in [7, 11) is 1.16. The molecule has 1 rings (SSSR count). The molecular weight excluding hydrogens is 267 g/mol. The first-order valence-corrected chi connectivity index (χ1v) is 5.78. The Morgan fingerprint density at radius 3 is 2.70 bits per heavy atom. The Labute approximate surface area is 115 Å². The van der Waals surface area contributed by atoms with Crippen molar-refractivity contribution in [1.82, 2.24) is 5.32 Å². The number of aliphatic hydroxyl groups is 1. The number of methoxy groups -OCH3 is 1. The van der Waals surface area contributed by atoms with E-state index in [9.17, 15) is 14.0 Å². The van der Waals surface area contributed by atoms with Crippen LogP contribution >= 0.6 is 0 Å². The second-order valence-corrected chi connectivity index (χ2v) is 3.67. The Bertz CT molecular complexity index is 517. The van der Waals surface area contributed by atoms with Gasteiger partial charge in [-0.05, 0) is 12.1 Å². The fourth-order valence-electron chi connectivity index (χ4n) is 1.31. The van der Waals surface area contributed by atoms with Crippen molar-refractivity contribution >= 4 is 17.6 Å². The largest absolute Gasteiger partial charge is 0.466 e. The summed E-state index contributed by atoms with van der Waals surface area (Å²) < 4.78 is 17.9. The number of hydrogen-bond acceptors (Lipinski definition) is 5. The van der Waals surface area contributed by atoms with E-state index in [4.69, 9.17) is 5.11 Å². The third-order valence-corrected chi connectivity index (χ3v) is 2.25. The lowest BCUT2D eigenvalue weighted by Gasteiger charge is -2.11. The molecule has 0 saturated carbocycles. The summed E-state index contributed by atoms with van der Waals surface area (Å²) >= 11 is 0. The molecule has 1 amide bonds. The van der Waals surface area contributed by atoms with E-state index in [1.807, 2.05) is 0 Å². The lowest BCUT2D eigenvalue weighted by atomic mass is 10.2. The number of nitrogens with one attached hydrogen (secondary N) is 2. The number of hydrogen-bond donors (Lipinski definition) is 3. The first-order chi connectivity index (χ1) is 9.58. The molecule has 6 nitrogen and oxygen atoms in total. The molecule has 0 atom stereocenters. The number of carbonyl (C=O) groups is 2. The van der Waals surface area contributed by atoms with Crippen LogP contribution in [0.25, 0.3) is 0 Å². The van der Waals surface area contributed by atoms with Crippen molar-refractivity contribution in [1.29, 1.82) is 0 Å². The van der Waals surface area contributed by atoms with Gasteiger partial charge in [-0.1, -0.05) is 12.1 Å². The van der Waals surface area contributed by atoms with E-state index in [0.717, 1.165) is 13.2 Å². The minimum Gasteiger partial charge on any atom is -0.466 e. The molecule has 0 aliphatic rings. The van der Waals surface area contributed by atoms with Crippen molar-refractivity contribution in [2.75, 3.05) is 25.6 Å². The van der Waals surface area contributed by atoms with Gasteiger partial charge in [0.1, 0.15) is 11.5 Å². The highest BCUT2D eigenvalue weighted by atomic mass is 19.1. The van der Waals surface area contributed by atoms with Crippen LogP contribution < -0.4 is 10.6 Å². The molecule has 0 aromatic heterocycles. The first kappa shape index (κ1) is 15.6. The Morgan fingerprint density at radius 1 is 1.40 bits per heavy atom. The standard InChI is InChI=1S/C13H15FN2O4/c1-20-12(18)8-11(13(19)15-6-7-17)16-10-5-3-2-4-9(10)14/h2-5,8,16-17H,6-7H2,1H3,(H,15,19)/b11-8-. The van der Waals surface area contributed by atoms with Crippen LogP contribution in [-0.2, 0) is 14.3 Å². The lowest BCUT2D eigenvalue weighted by molar-refractivity contribution is -0.135. The van der Waals surface area contributed by atoms with Crippen LogP contribution in [0.4, 0.5) is 10.1 Å². The van der Waals surface area contributed by atoms with Crippen molar-refractivity contribution in [3.8, 4) is 0 Å². The topological polar surface area (TPSA) is 87.7 Å². The highest BCUT2D eigenvalue weighted by Gasteiger charge is 2.13. The second-order valence-electron chi connectivity index (χ2n) is 3.67. The number of benzene rings is 1. The number of rotatable bonds is 6. The molecule has 0 saturated heterocycles. The van der Waals surface area contributed by atoms with Crippen molar-refractivity contribution in [3.63, 3.8) is 0 Å². The molecule has 1 aromatic carbocycles. The first-order valence-electron chi connectivity index (χ1n) is 5.78. The minimum atomic E-state index is -0.761. The quantitative estimate of drug-likeness (QED) is 0.519. The maximum Gasteiger partial charge on any atom is 0.332 e. The Kier molecular flexibility index (Phi) is 6.18. The second kappa shape index (κ2) is 7.90. The number of esters is 1. The van der Waals surface area contributed by atoms with Gasteiger partial charge in [0.2, 0.25) is 0 Å². The third-order valence-electron chi connectivity index (χ3n) is 2.25. The van der Waals surface area contributed by atoms with E-state index in [-0.39, 0.29) is 24.5 Å². The summed E-state index contributed by atoms with van der Waals surface area (Å²) in [6.45, 7) is -0.243. The van der Waals surface area contributed by atoms with Crippen LogP contribution in [0.5, 0.6) is 0 Å². The fourth-order valence-corrected chi connectivity index (χ4v) is 1.31. The van der Waals surface area contributed by atoms with Crippen LogP contribution in [-0.4, -0.2) is 37.2 Å². The molecule has 0 aliphatic heterocycles. The molecule has 1 aromatic rings. The van der Waals surface area contributed by atoms with Gasteiger partial charge in [0.05, 0.1) is 25.5 Å². The van der Waals surface area contributed by atoms with E-state index in [2.05, 4.69) is 15.4 Å². The SMILES string of the molecule is COC(=O)/C=C(\Nc1ccccc1F)C(=O)NCCO. The van der Waals surface area contributed by atoms with Crippen LogP contribution in [0, 0.1) is 5.82 Å². The third kappa shape index (κ3) is 4.69. The number of anilines is 1. The maximum absolute atomic E-state index is 13.5. The Balaban J connectivity index is 2.94. The average molecular weight is 282 g/mol. The van der Waals surface area contributed by atoms with Gasteiger partial charge in [-0.25, -0.2) is 9.18 Å². The number of aliphatic hydroxyl groups excluding tert-OH is 1. The maximum atomic E-state index is 13.5. The fraction of sp³-hybridized carbons (Fsp3) is 0.231. The molecule has 20 heavy (non-hydrogen) atoms. The number of halogens is 1. The smallest absolute Gasteiger partial charge is 0.332 e. The number of ether oxygens (including phenoxy) is 1. The van der Waals surface area contributed by atoms with Crippen molar-refractivity contribution < 1.29 is 23.8 Å². The zero-order valence-electron chi connectivity index (χ0n) is 10.9. The van der Waals surface area contributed by atoms with Crippen LogP contribution in [0.1, 0.15) is 0 Å². The van der Waals surface area contributed by atoms with Crippen LogP contribution in [0.2, 0.25) is 0 Å². The molecule has 0 heterocycles. The molecule has 3 N–H and O–H groups in total. The molecule has 0 unspecified atom stereocenters. The predicted molar refractivity (Wildman–Crippen MR) is 70.2 cm³/mol. The van der Waals surface area contributed by atoms with Crippen molar-refractivity contribution in [2.45, 2.75) is 0 Å². The molecule has 0 radical (unpaired) electrons. The van der Waals surface area contributed by atoms with E-state index in [1.54, 1.807) is 6.07 Å². The van der Waals surface area contributed by atoms with Gasteiger partial charge in [-0.3, -0.25) is 4.79 Å². The van der Waals surface area contributed by atoms with Gasteiger partial charge in [0.25, 0.3) is 5.91 Å². The van der Waals surface area contributed by atoms with E-state index in [0.29, 0.717) is 0 Å². The highest BCUT2D eigenvalue weighted by Crippen LogP contribution is 2.15. The summed E-state index contributed by atoms with van der Waals surface area (Å²) in [6, 6.07) is 5.70. The molecule has 7 heteroatoms. The highest BCUT2D eigenvalue weighted by molar-refractivity contribution is 6.01.